The molecule has 0 bridgehead atoms. The monoisotopic (exact) mass is 187 g/mol. The standard InChI is InChI=1S/C11H25NO/c1-7-11(4,5)13-10(3)8-9(2)12-6/h9-10,12H,7-8H2,1-6H3. The van der Waals surface area contributed by atoms with Gasteiger partial charge >= 0.3 is 0 Å². The number of nitrogens with one attached hydrogen (secondary N) is 1. The van der Waals surface area contributed by atoms with Crippen molar-refractivity contribution in [3.8, 4) is 0 Å². The highest BCUT2D eigenvalue weighted by Crippen LogP contribution is 2.18. The molecule has 2 unspecified atom stereocenters. The summed E-state index contributed by atoms with van der Waals surface area (Å²) in [5, 5.41) is 3.22. The van der Waals surface area contributed by atoms with Gasteiger partial charge in [-0.1, -0.05) is 6.92 Å². The van der Waals surface area contributed by atoms with Gasteiger partial charge in [0, 0.05) is 6.04 Å². The highest BCUT2D eigenvalue weighted by molar-refractivity contribution is 4.70. The molecule has 0 radical (unpaired) electrons. The fourth-order valence-corrected chi connectivity index (χ4v) is 1.29. The van der Waals surface area contributed by atoms with E-state index in [0.29, 0.717) is 12.1 Å². The summed E-state index contributed by atoms with van der Waals surface area (Å²) in [6.07, 6.45) is 2.46. The van der Waals surface area contributed by atoms with E-state index in [1.165, 1.54) is 0 Å². The van der Waals surface area contributed by atoms with Crippen molar-refractivity contribution in [2.24, 2.45) is 0 Å². The Morgan fingerprint density at radius 3 is 2.23 bits per heavy atom. The number of rotatable bonds is 6. The summed E-state index contributed by atoms with van der Waals surface area (Å²) >= 11 is 0. The molecule has 2 heteroatoms. The van der Waals surface area contributed by atoms with Crippen molar-refractivity contribution < 1.29 is 4.74 Å². The highest BCUT2D eigenvalue weighted by Gasteiger charge is 2.19. The Balaban J connectivity index is 3.79. The molecule has 13 heavy (non-hydrogen) atoms. The molecule has 0 aliphatic carbocycles. The number of ether oxygens (including phenoxy) is 1. The topological polar surface area (TPSA) is 21.3 Å². The second kappa shape index (κ2) is 5.61. The molecular formula is C11H25NO. The zero-order valence-electron chi connectivity index (χ0n) is 9.98. The number of hydrogen-bond acceptors (Lipinski definition) is 2. The van der Waals surface area contributed by atoms with Crippen LogP contribution in [-0.2, 0) is 4.74 Å². The van der Waals surface area contributed by atoms with Crippen molar-refractivity contribution in [2.45, 2.75) is 65.2 Å². The lowest BCUT2D eigenvalue weighted by Crippen LogP contribution is -2.33. The van der Waals surface area contributed by atoms with E-state index in [-0.39, 0.29) is 5.60 Å². The van der Waals surface area contributed by atoms with Gasteiger partial charge in [0.25, 0.3) is 0 Å². The van der Waals surface area contributed by atoms with Crippen molar-refractivity contribution in [3.05, 3.63) is 0 Å². The van der Waals surface area contributed by atoms with Crippen LogP contribution in [0.5, 0.6) is 0 Å². The van der Waals surface area contributed by atoms with E-state index in [4.69, 9.17) is 4.74 Å². The Labute approximate surface area is 83.1 Å². The van der Waals surface area contributed by atoms with Gasteiger partial charge in [0.2, 0.25) is 0 Å². The molecule has 2 nitrogen and oxygen atoms in total. The molecular weight excluding hydrogens is 162 g/mol. The normalized spacial score (nSPS) is 17.1. The van der Waals surface area contributed by atoms with Crippen LogP contribution in [0.25, 0.3) is 0 Å². The molecule has 0 saturated heterocycles. The van der Waals surface area contributed by atoms with Crippen molar-refractivity contribution >= 4 is 0 Å². The Bertz CT molecular complexity index is 134. The molecule has 0 aliphatic rings. The second-order valence-electron chi connectivity index (χ2n) is 4.47. The first-order valence-electron chi connectivity index (χ1n) is 5.26. The first-order chi connectivity index (χ1) is 5.91. The average molecular weight is 187 g/mol. The van der Waals surface area contributed by atoms with E-state index in [9.17, 15) is 0 Å². The van der Waals surface area contributed by atoms with Crippen LogP contribution in [0.2, 0.25) is 0 Å². The lowest BCUT2D eigenvalue weighted by Gasteiger charge is -2.29. The minimum absolute atomic E-state index is 0.0207. The molecule has 0 rings (SSSR count). The number of hydrogen-bond donors (Lipinski definition) is 1. The van der Waals surface area contributed by atoms with Crippen LogP contribution in [-0.4, -0.2) is 24.8 Å². The largest absolute Gasteiger partial charge is 0.373 e. The third kappa shape index (κ3) is 6.05. The maximum atomic E-state index is 5.92. The van der Waals surface area contributed by atoms with Gasteiger partial charge in [-0.2, -0.15) is 0 Å². The Morgan fingerprint density at radius 2 is 1.85 bits per heavy atom. The summed E-state index contributed by atoms with van der Waals surface area (Å²) < 4.78 is 5.92. The fraction of sp³-hybridized carbons (Fsp3) is 1.00. The van der Waals surface area contributed by atoms with Crippen LogP contribution in [0, 0.1) is 0 Å². The van der Waals surface area contributed by atoms with Gasteiger partial charge in [-0.15, -0.1) is 0 Å². The molecule has 1 N–H and O–H groups in total. The molecule has 0 heterocycles. The van der Waals surface area contributed by atoms with Gasteiger partial charge in [0.05, 0.1) is 11.7 Å². The maximum Gasteiger partial charge on any atom is 0.0627 e. The zero-order valence-corrected chi connectivity index (χ0v) is 9.98. The third-order valence-corrected chi connectivity index (χ3v) is 2.55. The maximum absolute atomic E-state index is 5.92. The molecule has 0 fully saturated rings. The summed E-state index contributed by atoms with van der Waals surface area (Å²) in [4.78, 5) is 0. The quantitative estimate of drug-likeness (QED) is 0.690. The SMILES string of the molecule is CCC(C)(C)OC(C)CC(C)NC. The summed E-state index contributed by atoms with van der Waals surface area (Å²) in [7, 11) is 1.99. The van der Waals surface area contributed by atoms with Gasteiger partial charge in [-0.3, -0.25) is 0 Å². The lowest BCUT2D eigenvalue weighted by molar-refractivity contribution is -0.0705. The predicted molar refractivity (Wildman–Crippen MR) is 58.1 cm³/mol. The lowest BCUT2D eigenvalue weighted by atomic mass is 10.1. The van der Waals surface area contributed by atoms with E-state index >= 15 is 0 Å². The molecule has 80 valence electrons. The first-order valence-corrected chi connectivity index (χ1v) is 5.26. The van der Waals surface area contributed by atoms with Crippen LogP contribution in [0.3, 0.4) is 0 Å². The van der Waals surface area contributed by atoms with Gasteiger partial charge < -0.3 is 10.1 Å². The summed E-state index contributed by atoms with van der Waals surface area (Å²) in [6, 6.07) is 0.530. The van der Waals surface area contributed by atoms with Gasteiger partial charge in [0.1, 0.15) is 0 Å². The second-order valence-corrected chi connectivity index (χ2v) is 4.47. The van der Waals surface area contributed by atoms with Crippen molar-refractivity contribution in [3.63, 3.8) is 0 Å². The van der Waals surface area contributed by atoms with Crippen LogP contribution in [0.4, 0.5) is 0 Å². The molecule has 0 amide bonds. The van der Waals surface area contributed by atoms with Gasteiger partial charge in [0.15, 0.2) is 0 Å². The molecule has 0 aromatic carbocycles. The Kier molecular flexibility index (Phi) is 5.57. The van der Waals surface area contributed by atoms with Gasteiger partial charge in [-0.05, 0) is 47.6 Å². The van der Waals surface area contributed by atoms with Crippen LogP contribution < -0.4 is 5.32 Å². The molecule has 0 aromatic rings. The van der Waals surface area contributed by atoms with E-state index in [1.807, 2.05) is 7.05 Å². The first kappa shape index (κ1) is 12.9. The molecule has 2 atom stereocenters. The van der Waals surface area contributed by atoms with Crippen LogP contribution in [0.1, 0.15) is 47.5 Å². The minimum atomic E-state index is 0.0207. The van der Waals surface area contributed by atoms with E-state index < -0.39 is 0 Å². The summed E-state index contributed by atoms with van der Waals surface area (Å²) in [6.45, 7) is 10.8. The zero-order chi connectivity index (χ0) is 10.5. The summed E-state index contributed by atoms with van der Waals surface area (Å²) in [5.41, 5.74) is 0.0207. The smallest absolute Gasteiger partial charge is 0.0627 e. The van der Waals surface area contributed by atoms with E-state index in [2.05, 4.69) is 39.9 Å². The highest BCUT2D eigenvalue weighted by atomic mass is 16.5. The van der Waals surface area contributed by atoms with Crippen molar-refractivity contribution in [2.75, 3.05) is 7.05 Å². The van der Waals surface area contributed by atoms with E-state index in [1.54, 1.807) is 0 Å². The molecule has 0 spiro atoms. The summed E-state index contributed by atoms with van der Waals surface area (Å²) in [5.74, 6) is 0. The Hall–Kier alpha value is -0.0800. The fourth-order valence-electron chi connectivity index (χ4n) is 1.29. The minimum Gasteiger partial charge on any atom is -0.373 e. The van der Waals surface area contributed by atoms with Gasteiger partial charge in [-0.25, -0.2) is 0 Å². The third-order valence-electron chi connectivity index (χ3n) is 2.55. The Morgan fingerprint density at radius 1 is 1.31 bits per heavy atom. The van der Waals surface area contributed by atoms with Crippen LogP contribution in [0.15, 0.2) is 0 Å². The van der Waals surface area contributed by atoms with Crippen LogP contribution >= 0.6 is 0 Å². The molecule has 0 aliphatic heterocycles. The van der Waals surface area contributed by atoms with Crippen molar-refractivity contribution in [1.29, 1.82) is 0 Å². The average Bonchev–Trinajstić information content (AvgIpc) is 2.03. The predicted octanol–water partition coefficient (Wildman–Crippen LogP) is 2.58. The molecule has 0 aromatic heterocycles. The van der Waals surface area contributed by atoms with E-state index in [0.717, 1.165) is 12.8 Å². The van der Waals surface area contributed by atoms with Crippen molar-refractivity contribution in [1.82, 2.24) is 5.32 Å². The molecule has 0 saturated carbocycles.